The molecule has 198 valence electrons. The SMILES string of the molecule is CN1CCN([C@@H]2CC(F)(F)c3cc(NC(=O)c4ccc(F)c(C#Cc5cnc6cccnn56)c4)ccc32)CC1. The summed E-state index contributed by atoms with van der Waals surface area (Å²) in [4.78, 5) is 21.5. The van der Waals surface area contributed by atoms with Crippen LogP contribution in [0.2, 0.25) is 0 Å². The van der Waals surface area contributed by atoms with Crippen LogP contribution in [0.25, 0.3) is 5.65 Å². The molecule has 0 unspecified atom stereocenters. The number of aromatic nitrogens is 3. The molecule has 0 saturated carbocycles. The highest BCUT2D eigenvalue weighted by atomic mass is 19.3. The summed E-state index contributed by atoms with van der Waals surface area (Å²) in [6.45, 7) is 3.15. The number of hydrogen-bond donors (Lipinski definition) is 1. The molecule has 1 atom stereocenters. The van der Waals surface area contributed by atoms with Gasteiger partial charge in [-0.15, -0.1) is 0 Å². The Kier molecular flexibility index (Phi) is 6.33. The maximum absolute atomic E-state index is 15.0. The number of halogens is 3. The first kappa shape index (κ1) is 25.1. The highest BCUT2D eigenvalue weighted by Crippen LogP contribution is 2.50. The Balaban J connectivity index is 1.22. The van der Waals surface area contributed by atoms with Crippen molar-refractivity contribution < 1.29 is 18.0 Å². The topological polar surface area (TPSA) is 65.8 Å². The van der Waals surface area contributed by atoms with Crippen molar-refractivity contribution in [2.75, 3.05) is 38.5 Å². The number of carbonyl (C=O) groups excluding carboxylic acids is 1. The number of hydrogen-bond acceptors (Lipinski definition) is 5. The standard InChI is InChI=1S/C29H25F3N6O/c1-36-11-13-37(14-12-36)26-17-29(31,32)24-16-21(6-8-23(24)26)35-28(39)20-5-9-25(30)19(15-20)4-7-22-18-33-27-3-2-10-34-38(22)27/h2-3,5-6,8-10,15-16,18,26H,11-14,17H2,1H3,(H,35,39)/t26-/m1/s1. The van der Waals surface area contributed by atoms with Gasteiger partial charge in [-0.1, -0.05) is 12.0 Å². The molecule has 1 aliphatic carbocycles. The number of amides is 1. The molecule has 3 heterocycles. The number of imidazole rings is 1. The van der Waals surface area contributed by atoms with Gasteiger partial charge in [0.05, 0.1) is 11.8 Å². The first-order valence-corrected chi connectivity index (χ1v) is 12.6. The summed E-state index contributed by atoms with van der Waals surface area (Å²) in [5.41, 5.74) is 2.04. The summed E-state index contributed by atoms with van der Waals surface area (Å²) in [6, 6.07) is 11.7. The molecule has 0 spiro atoms. The molecule has 0 bridgehead atoms. The van der Waals surface area contributed by atoms with Crippen molar-refractivity contribution in [1.82, 2.24) is 24.4 Å². The molecular weight excluding hydrogens is 505 g/mol. The van der Waals surface area contributed by atoms with Crippen molar-refractivity contribution >= 4 is 17.2 Å². The number of rotatable bonds is 3. The number of alkyl halides is 2. The summed E-state index contributed by atoms with van der Waals surface area (Å²) in [5.74, 6) is 1.44. The normalized spacial score (nSPS) is 18.9. The molecular formula is C29H25F3N6O. The van der Waals surface area contributed by atoms with Crippen molar-refractivity contribution in [3.05, 3.63) is 94.7 Å². The van der Waals surface area contributed by atoms with E-state index >= 15 is 8.78 Å². The minimum atomic E-state index is -2.99. The molecule has 4 aromatic rings. The van der Waals surface area contributed by atoms with Gasteiger partial charge >= 0.3 is 0 Å². The number of likely N-dealkylation sites (N-methyl/N-ethyl adjacent to an activating group) is 1. The highest BCUT2D eigenvalue weighted by molar-refractivity contribution is 6.04. The molecule has 2 aliphatic rings. The zero-order valence-electron chi connectivity index (χ0n) is 21.2. The van der Waals surface area contributed by atoms with Crippen LogP contribution in [0, 0.1) is 17.7 Å². The monoisotopic (exact) mass is 530 g/mol. The van der Waals surface area contributed by atoms with Crippen LogP contribution >= 0.6 is 0 Å². The van der Waals surface area contributed by atoms with E-state index in [2.05, 4.69) is 37.0 Å². The third-order valence-electron chi connectivity index (χ3n) is 7.32. The van der Waals surface area contributed by atoms with Crippen molar-refractivity contribution in [3.8, 4) is 11.8 Å². The summed E-state index contributed by atoms with van der Waals surface area (Å²) in [5, 5.41) is 6.85. The fourth-order valence-electron chi connectivity index (χ4n) is 5.17. The number of piperazine rings is 1. The largest absolute Gasteiger partial charge is 0.322 e. The molecule has 7 nitrogen and oxygen atoms in total. The van der Waals surface area contributed by atoms with Crippen LogP contribution in [0.1, 0.15) is 45.2 Å². The first-order chi connectivity index (χ1) is 18.8. The second kappa shape index (κ2) is 9.84. The molecule has 2 aromatic carbocycles. The van der Waals surface area contributed by atoms with Gasteiger partial charge in [0, 0.05) is 61.7 Å². The summed E-state index contributed by atoms with van der Waals surface area (Å²) >= 11 is 0. The number of anilines is 1. The molecule has 1 saturated heterocycles. The quantitative estimate of drug-likeness (QED) is 0.400. The Hall–Kier alpha value is -4.20. The van der Waals surface area contributed by atoms with E-state index in [1.807, 2.05) is 7.05 Å². The van der Waals surface area contributed by atoms with Crippen LogP contribution in [0.5, 0.6) is 0 Å². The highest BCUT2D eigenvalue weighted by Gasteiger charge is 2.47. The average Bonchev–Trinajstić information content (AvgIpc) is 3.46. The fourth-order valence-corrected chi connectivity index (χ4v) is 5.17. The van der Waals surface area contributed by atoms with Crippen molar-refractivity contribution in [2.24, 2.45) is 0 Å². The third kappa shape index (κ3) is 4.87. The Morgan fingerprint density at radius 3 is 2.72 bits per heavy atom. The van der Waals surface area contributed by atoms with Gasteiger partial charge in [-0.25, -0.2) is 22.7 Å². The fraction of sp³-hybridized carbons (Fsp3) is 0.276. The molecule has 2 aromatic heterocycles. The summed E-state index contributed by atoms with van der Waals surface area (Å²) in [6.07, 6.45) is 2.85. The van der Waals surface area contributed by atoms with Crippen LogP contribution in [-0.2, 0) is 5.92 Å². The number of benzene rings is 2. The summed E-state index contributed by atoms with van der Waals surface area (Å²) in [7, 11) is 2.03. The zero-order valence-corrected chi connectivity index (χ0v) is 21.2. The van der Waals surface area contributed by atoms with Crippen LogP contribution in [0.4, 0.5) is 18.9 Å². The lowest BCUT2D eigenvalue weighted by molar-refractivity contribution is -0.0257. The van der Waals surface area contributed by atoms with Gasteiger partial charge in [-0.05, 0) is 61.0 Å². The number of nitrogens with zero attached hydrogens (tertiary/aromatic N) is 5. The molecule has 1 aliphatic heterocycles. The molecule has 0 radical (unpaired) electrons. The van der Waals surface area contributed by atoms with Crippen molar-refractivity contribution in [1.29, 1.82) is 0 Å². The van der Waals surface area contributed by atoms with Gasteiger partial charge in [-0.2, -0.15) is 5.10 Å². The van der Waals surface area contributed by atoms with Gasteiger partial charge in [0.1, 0.15) is 11.5 Å². The predicted octanol–water partition coefficient (Wildman–Crippen LogP) is 4.30. The van der Waals surface area contributed by atoms with Gasteiger partial charge in [0.15, 0.2) is 5.65 Å². The zero-order chi connectivity index (χ0) is 27.1. The Bertz CT molecular complexity index is 1630. The van der Waals surface area contributed by atoms with Gasteiger partial charge in [0.25, 0.3) is 11.8 Å². The maximum atomic E-state index is 15.0. The molecule has 1 amide bonds. The maximum Gasteiger partial charge on any atom is 0.275 e. The second-order valence-corrected chi connectivity index (χ2v) is 9.90. The van der Waals surface area contributed by atoms with E-state index in [-0.39, 0.29) is 34.8 Å². The van der Waals surface area contributed by atoms with Crippen molar-refractivity contribution in [3.63, 3.8) is 0 Å². The van der Waals surface area contributed by atoms with E-state index in [1.54, 1.807) is 30.5 Å². The van der Waals surface area contributed by atoms with E-state index < -0.39 is 17.6 Å². The van der Waals surface area contributed by atoms with E-state index in [1.165, 1.54) is 28.9 Å². The van der Waals surface area contributed by atoms with Crippen LogP contribution < -0.4 is 5.32 Å². The number of nitrogens with one attached hydrogen (secondary N) is 1. The van der Waals surface area contributed by atoms with E-state index in [9.17, 15) is 9.18 Å². The summed E-state index contributed by atoms with van der Waals surface area (Å²) < 4.78 is 46.1. The molecule has 6 rings (SSSR count). The molecule has 39 heavy (non-hydrogen) atoms. The second-order valence-electron chi connectivity index (χ2n) is 9.90. The third-order valence-corrected chi connectivity index (χ3v) is 7.32. The lowest BCUT2D eigenvalue weighted by atomic mass is 10.0. The molecule has 1 N–H and O–H groups in total. The first-order valence-electron chi connectivity index (χ1n) is 12.6. The van der Waals surface area contributed by atoms with Crippen LogP contribution in [0.15, 0.2) is 60.9 Å². The lowest BCUT2D eigenvalue weighted by Crippen LogP contribution is -2.45. The lowest BCUT2D eigenvalue weighted by Gasteiger charge is -2.36. The minimum absolute atomic E-state index is 0.0176. The smallest absolute Gasteiger partial charge is 0.275 e. The van der Waals surface area contributed by atoms with Gasteiger partial charge < -0.3 is 10.2 Å². The van der Waals surface area contributed by atoms with E-state index in [0.717, 1.165) is 32.2 Å². The van der Waals surface area contributed by atoms with Crippen LogP contribution in [-0.4, -0.2) is 63.5 Å². The van der Waals surface area contributed by atoms with E-state index in [0.29, 0.717) is 16.9 Å². The number of carbonyl (C=O) groups is 1. The Labute approximate surface area is 223 Å². The minimum Gasteiger partial charge on any atom is -0.322 e. The molecule has 1 fully saturated rings. The van der Waals surface area contributed by atoms with Gasteiger partial charge in [0.2, 0.25) is 0 Å². The Morgan fingerprint density at radius 2 is 1.90 bits per heavy atom. The molecule has 10 heteroatoms. The Morgan fingerprint density at radius 1 is 1.08 bits per heavy atom. The van der Waals surface area contributed by atoms with Gasteiger partial charge in [-0.3, -0.25) is 9.69 Å². The number of fused-ring (bicyclic) bond motifs is 2. The average molecular weight is 531 g/mol. The van der Waals surface area contributed by atoms with E-state index in [4.69, 9.17) is 0 Å². The predicted molar refractivity (Wildman–Crippen MR) is 140 cm³/mol. The van der Waals surface area contributed by atoms with Crippen molar-refractivity contribution in [2.45, 2.75) is 18.4 Å². The van der Waals surface area contributed by atoms with Crippen LogP contribution in [0.3, 0.4) is 0 Å².